The van der Waals surface area contributed by atoms with Crippen molar-refractivity contribution in [3.05, 3.63) is 35.4 Å². The third kappa shape index (κ3) is 4.74. The maximum Gasteiger partial charge on any atom is 0.279 e. The van der Waals surface area contributed by atoms with Gasteiger partial charge in [-0.15, -0.1) is 0 Å². The molecule has 0 aliphatic carbocycles. The zero-order valence-electron chi connectivity index (χ0n) is 11.9. The Morgan fingerprint density at radius 1 is 1.14 bits per heavy atom. The standard InChI is InChI=1S/C14H21N3O2S2/c15-14(20)13-7-5-12(6-8-13)11-16-21(18,19)17-9-3-1-2-4-10-17/h5-8,16H,1-4,9-11H2,(H2,15,20). The van der Waals surface area contributed by atoms with E-state index in [9.17, 15) is 8.42 Å². The second kappa shape index (κ2) is 7.31. The van der Waals surface area contributed by atoms with E-state index in [0.717, 1.165) is 36.8 Å². The van der Waals surface area contributed by atoms with E-state index in [2.05, 4.69) is 4.72 Å². The number of nitrogens with zero attached hydrogens (tertiary/aromatic N) is 1. The van der Waals surface area contributed by atoms with E-state index in [1.165, 1.54) is 0 Å². The van der Waals surface area contributed by atoms with Gasteiger partial charge >= 0.3 is 0 Å². The Hall–Kier alpha value is -1.02. The van der Waals surface area contributed by atoms with Gasteiger partial charge < -0.3 is 5.73 Å². The van der Waals surface area contributed by atoms with Gasteiger partial charge in [0.1, 0.15) is 4.99 Å². The highest BCUT2D eigenvalue weighted by Crippen LogP contribution is 2.13. The second-order valence-corrected chi connectivity index (χ2v) is 7.40. The van der Waals surface area contributed by atoms with Crippen LogP contribution in [-0.4, -0.2) is 30.8 Å². The monoisotopic (exact) mass is 327 g/mol. The van der Waals surface area contributed by atoms with Crippen LogP contribution in [0.5, 0.6) is 0 Å². The topological polar surface area (TPSA) is 75.4 Å². The molecular formula is C14H21N3O2S2. The Balaban J connectivity index is 1.95. The molecule has 0 spiro atoms. The Bertz CT molecular complexity index is 577. The quantitative estimate of drug-likeness (QED) is 0.804. The van der Waals surface area contributed by atoms with E-state index in [-0.39, 0.29) is 6.54 Å². The molecular weight excluding hydrogens is 306 g/mol. The molecule has 1 fully saturated rings. The van der Waals surface area contributed by atoms with Gasteiger partial charge in [-0.3, -0.25) is 0 Å². The second-order valence-electron chi connectivity index (χ2n) is 5.20. The van der Waals surface area contributed by atoms with Gasteiger partial charge in [-0.2, -0.15) is 17.4 Å². The Labute approximate surface area is 131 Å². The molecule has 0 aromatic heterocycles. The Morgan fingerprint density at radius 2 is 1.71 bits per heavy atom. The predicted octanol–water partition coefficient (Wildman–Crippen LogP) is 1.53. The van der Waals surface area contributed by atoms with Crippen LogP contribution in [0.15, 0.2) is 24.3 Å². The molecule has 7 heteroatoms. The van der Waals surface area contributed by atoms with Crippen molar-refractivity contribution in [2.75, 3.05) is 13.1 Å². The van der Waals surface area contributed by atoms with E-state index >= 15 is 0 Å². The zero-order valence-corrected chi connectivity index (χ0v) is 13.5. The number of nitrogens with two attached hydrogens (primary N) is 1. The number of hydrogen-bond acceptors (Lipinski definition) is 3. The summed E-state index contributed by atoms with van der Waals surface area (Å²) in [6, 6.07) is 7.27. The predicted molar refractivity (Wildman–Crippen MR) is 88.1 cm³/mol. The van der Waals surface area contributed by atoms with Crippen molar-refractivity contribution in [1.29, 1.82) is 0 Å². The highest BCUT2D eigenvalue weighted by Gasteiger charge is 2.22. The van der Waals surface area contributed by atoms with Crippen LogP contribution in [-0.2, 0) is 16.8 Å². The highest BCUT2D eigenvalue weighted by atomic mass is 32.2. The molecule has 2 rings (SSSR count). The minimum Gasteiger partial charge on any atom is -0.389 e. The smallest absolute Gasteiger partial charge is 0.279 e. The van der Waals surface area contributed by atoms with Gasteiger partial charge in [-0.25, -0.2) is 0 Å². The molecule has 1 heterocycles. The third-order valence-corrected chi connectivity index (χ3v) is 5.39. The average molecular weight is 327 g/mol. The molecule has 0 bridgehead atoms. The summed E-state index contributed by atoms with van der Waals surface area (Å²) in [4.78, 5) is 0.340. The zero-order chi connectivity index (χ0) is 15.3. The van der Waals surface area contributed by atoms with Crippen LogP contribution >= 0.6 is 12.2 Å². The largest absolute Gasteiger partial charge is 0.389 e. The molecule has 1 aromatic rings. The number of rotatable bonds is 5. The summed E-state index contributed by atoms with van der Waals surface area (Å²) in [5.41, 5.74) is 7.20. The summed E-state index contributed by atoms with van der Waals surface area (Å²) < 4.78 is 28.7. The Morgan fingerprint density at radius 3 is 2.24 bits per heavy atom. The van der Waals surface area contributed by atoms with Crippen molar-refractivity contribution in [3.63, 3.8) is 0 Å². The average Bonchev–Trinajstić information content (AvgIpc) is 2.75. The summed E-state index contributed by atoms with van der Waals surface area (Å²) in [5, 5.41) is 0. The first-order valence-electron chi connectivity index (χ1n) is 7.12. The lowest BCUT2D eigenvalue weighted by molar-refractivity contribution is 0.414. The minimum absolute atomic E-state index is 0.274. The maximum atomic E-state index is 12.3. The summed E-state index contributed by atoms with van der Waals surface area (Å²) in [6.45, 7) is 1.49. The SMILES string of the molecule is NC(=S)c1ccc(CNS(=O)(=O)N2CCCCCC2)cc1. The van der Waals surface area contributed by atoms with Crippen molar-refractivity contribution < 1.29 is 8.42 Å². The molecule has 0 atom stereocenters. The lowest BCUT2D eigenvalue weighted by Crippen LogP contribution is -2.40. The number of nitrogens with one attached hydrogen (secondary N) is 1. The van der Waals surface area contributed by atoms with Gasteiger partial charge in [0.2, 0.25) is 0 Å². The fourth-order valence-corrected chi connectivity index (χ4v) is 3.74. The van der Waals surface area contributed by atoms with Gasteiger partial charge in [0.15, 0.2) is 0 Å². The summed E-state index contributed by atoms with van der Waals surface area (Å²) in [7, 11) is -3.40. The summed E-state index contributed by atoms with van der Waals surface area (Å²) >= 11 is 4.89. The van der Waals surface area contributed by atoms with Crippen LogP contribution in [0, 0.1) is 0 Å². The molecule has 116 valence electrons. The molecule has 1 aliphatic heterocycles. The van der Waals surface area contributed by atoms with Crippen molar-refractivity contribution in [1.82, 2.24) is 9.03 Å². The molecule has 1 aromatic carbocycles. The lowest BCUT2D eigenvalue weighted by Gasteiger charge is -2.20. The van der Waals surface area contributed by atoms with E-state index in [4.69, 9.17) is 18.0 Å². The van der Waals surface area contributed by atoms with E-state index in [0.29, 0.717) is 18.1 Å². The van der Waals surface area contributed by atoms with Crippen LogP contribution in [0.2, 0.25) is 0 Å². The van der Waals surface area contributed by atoms with Gasteiger partial charge in [0, 0.05) is 25.2 Å². The number of thiocarbonyl (C=S) groups is 1. The van der Waals surface area contributed by atoms with Gasteiger partial charge in [-0.05, 0) is 18.4 Å². The highest BCUT2D eigenvalue weighted by molar-refractivity contribution is 7.87. The molecule has 0 radical (unpaired) electrons. The molecule has 5 nitrogen and oxygen atoms in total. The normalized spacial score (nSPS) is 17.3. The van der Waals surface area contributed by atoms with Crippen LogP contribution in [0.4, 0.5) is 0 Å². The fourth-order valence-electron chi connectivity index (χ4n) is 2.33. The maximum absolute atomic E-state index is 12.3. The van der Waals surface area contributed by atoms with Crippen LogP contribution in [0.25, 0.3) is 0 Å². The van der Waals surface area contributed by atoms with Gasteiger partial charge in [-0.1, -0.05) is 49.3 Å². The first kappa shape index (κ1) is 16.4. The molecule has 3 N–H and O–H groups in total. The van der Waals surface area contributed by atoms with Crippen LogP contribution in [0.3, 0.4) is 0 Å². The summed E-state index contributed by atoms with van der Waals surface area (Å²) in [5.74, 6) is 0. The van der Waals surface area contributed by atoms with E-state index in [1.54, 1.807) is 16.4 Å². The molecule has 0 amide bonds. The van der Waals surface area contributed by atoms with Crippen LogP contribution in [0.1, 0.15) is 36.8 Å². The molecule has 1 aliphatic rings. The van der Waals surface area contributed by atoms with E-state index in [1.807, 2.05) is 12.1 Å². The third-order valence-electron chi connectivity index (χ3n) is 3.60. The minimum atomic E-state index is -3.40. The lowest BCUT2D eigenvalue weighted by atomic mass is 10.1. The van der Waals surface area contributed by atoms with Crippen molar-refractivity contribution in [3.8, 4) is 0 Å². The fraction of sp³-hybridized carbons (Fsp3) is 0.500. The molecule has 21 heavy (non-hydrogen) atoms. The molecule has 0 saturated carbocycles. The molecule has 0 unspecified atom stereocenters. The number of benzene rings is 1. The first-order chi connectivity index (χ1) is 9.99. The van der Waals surface area contributed by atoms with Crippen molar-refractivity contribution in [2.45, 2.75) is 32.2 Å². The van der Waals surface area contributed by atoms with Crippen molar-refractivity contribution >= 4 is 27.4 Å². The van der Waals surface area contributed by atoms with Crippen molar-refractivity contribution in [2.24, 2.45) is 5.73 Å². The molecule has 1 saturated heterocycles. The first-order valence-corrected chi connectivity index (χ1v) is 8.97. The van der Waals surface area contributed by atoms with Crippen LogP contribution < -0.4 is 10.5 Å². The summed E-state index contributed by atoms with van der Waals surface area (Å²) in [6.07, 6.45) is 4.08. The van der Waals surface area contributed by atoms with Gasteiger partial charge in [0.05, 0.1) is 0 Å². The Kier molecular flexibility index (Phi) is 5.69. The van der Waals surface area contributed by atoms with E-state index < -0.39 is 10.2 Å². The van der Waals surface area contributed by atoms with Gasteiger partial charge in [0.25, 0.3) is 10.2 Å². The number of hydrogen-bond donors (Lipinski definition) is 2.